The third-order valence-electron chi connectivity index (χ3n) is 5.17. The van der Waals surface area contributed by atoms with Gasteiger partial charge in [0.2, 0.25) is 5.91 Å². The lowest BCUT2D eigenvalue weighted by Crippen LogP contribution is -2.39. The molecule has 172 valence electrons. The lowest BCUT2D eigenvalue weighted by molar-refractivity contribution is -0.127. The molecule has 2 amide bonds. The molecular weight excluding hydrogens is 436 g/mol. The Hall–Kier alpha value is -4.66. The molecule has 9 heteroatoms. The number of ether oxygens (including phenoxy) is 2. The third-order valence-corrected chi connectivity index (χ3v) is 5.17. The molecule has 34 heavy (non-hydrogen) atoms. The number of hydrazone groups is 1. The van der Waals surface area contributed by atoms with E-state index in [0.717, 1.165) is 0 Å². The normalized spacial score (nSPS) is 14.8. The summed E-state index contributed by atoms with van der Waals surface area (Å²) in [6, 6.07) is 21.4. The van der Waals surface area contributed by atoms with E-state index in [2.05, 4.69) is 10.4 Å². The lowest BCUT2D eigenvalue weighted by atomic mass is 10.1. The Balaban J connectivity index is 1.43. The summed E-state index contributed by atoms with van der Waals surface area (Å²) in [5.41, 5.74) is 7.14. The van der Waals surface area contributed by atoms with Crippen LogP contribution in [0.15, 0.2) is 84.0 Å². The monoisotopic (exact) mass is 458 g/mol. The average molecular weight is 458 g/mol. The minimum atomic E-state index is -0.780. The molecule has 1 aliphatic heterocycles. The van der Waals surface area contributed by atoms with Crippen LogP contribution in [0.25, 0.3) is 0 Å². The topological polar surface area (TPSA) is 123 Å². The summed E-state index contributed by atoms with van der Waals surface area (Å²) in [7, 11) is 1.49. The zero-order chi connectivity index (χ0) is 24.1. The van der Waals surface area contributed by atoms with Crippen molar-refractivity contribution < 1.29 is 23.9 Å². The van der Waals surface area contributed by atoms with E-state index in [1.807, 2.05) is 6.07 Å². The molecule has 0 saturated carbocycles. The highest BCUT2D eigenvalue weighted by Gasteiger charge is 2.35. The Bertz CT molecular complexity index is 1240. The van der Waals surface area contributed by atoms with Crippen molar-refractivity contribution in [2.24, 2.45) is 10.8 Å². The Morgan fingerprint density at radius 1 is 0.971 bits per heavy atom. The van der Waals surface area contributed by atoms with Crippen LogP contribution in [-0.4, -0.2) is 36.6 Å². The van der Waals surface area contributed by atoms with Crippen LogP contribution in [0, 0.1) is 0 Å². The molecule has 4 rings (SSSR count). The number of para-hydroxylation sites is 2. The van der Waals surface area contributed by atoms with Crippen molar-refractivity contribution in [1.82, 2.24) is 0 Å². The molecule has 0 bridgehead atoms. The second-order valence-electron chi connectivity index (χ2n) is 7.42. The van der Waals surface area contributed by atoms with Gasteiger partial charge in [0.15, 0.2) is 0 Å². The lowest BCUT2D eigenvalue weighted by Gasteiger charge is -2.20. The van der Waals surface area contributed by atoms with E-state index in [1.165, 1.54) is 12.1 Å². The number of rotatable bonds is 7. The second-order valence-corrected chi connectivity index (χ2v) is 7.42. The van der Waals surface area contributed by atoms with Gasteiger partial charge in [-0.05, 0) is 48.5 Å². The summed E-state index contributed by atoms with van der Waals surface area (Å²) >= 11 is 0. The fourth-order valence-corrected chi connectivity index (χ4v) is 3.48. The van der Waals surface area contributed by atoms with Crippen LogP contribution < -0.4 is 25.5 Å². The molecule has 1 atom stereocenters. The summed E-state index contributed by atoms with van der Waals surface area (Å²) in [5.74, 6) is -0.888. The largest absolute Gasteiger partial charge is 0.496 e. The summed E-state index contributed by atoms with van der Waals surface area (Å²) in [6.07, 6.45) is 0.0378. The van der Waals surface area contributed by atoms with Crippen LogP contribution in [0.5, 0.6) is 11.5 Å². The van der Waals surface area contributed by atoms with Gasteiger partial charge in [0.05, 0.1) is 18.4 Å². The standard InChI is InChI=1S/C25H22N4O5/c1-33-22-10-6-5-9-19(22)24(31)27-16-11-13-18(14-12-16)34-25(32)20-15-21(23(26)30)29(28-20)17-7-3-2-4-8-17/h2-14,21H,15H2,1H3,(H2,26,30)(H,27,31)/t21-/m0/s1. The Morgan fingerprint density at radius 3 is 2.32 bits per heavy atom. The minimum Gasteiger partial charge on any atom is -0.496 e. The molecule has 3 aromatic carbocycles. The number of benzene rings is 3. The maximum atomic E-state index is 12.7. The van der Waals surface area contributed by atoms with Crippen molar-refractivity contribution in [2.45, 2.75) is 12.5 Å². The third kappa shape index (κ3) is 4.88. The van der Waals surface area contributed by atoms with Gasteiger partial charge in [0.1, 0.15) is 23.3 Å². The number of nitrogens with one attached hydrogen (secondary N) is 1. The molecule has 1 aliphatic rings. The number of nitrogens with zero attached hydrogens (tertiary/aromatic N) is 2. The average Bonchev–Trinajstić information content (AvgIpc) is 3.32. The maximum Gasteiger partial charge on any atom is 0.359 e. The van der Waals surface area contributed by atoms with Crippen molar-refractivity contribution in [2.75, 3.05) is 17.4 Å². The molecule has 3 N–H and O–H groups in total. The number of esters is 1. The van der Waals surface area contributed by atoms with Gasteiger partial charge in [0, 0.05) is 12.1 Å². The first kappa shape index (κ1) is 22.5. The molecule has 0 spiro atoms. The highest BCUT2D eigenvalue weighted by molar-refractivity contribution is 6.38. The molecule has 0 unspecified atom stereocenters. The van der Waals surface area contributed by atoms with Crippen molar-refractivity contribution in [3.8, 4) is 11.5 Å². The predicted octanol–water partition coefficient (Wildman–Crippen LogP) is 2.97. The summed E-state index contributed by atoms with van der Waals surface area (Å²) < 4.78 is 10.6. The first-order valence-corrected chi connectivity index (χ1v) is 10.4. The van der Waals surface area contributed by atoms with Crippen molar-refractivity contribution >= 4 is 34.9 Å². The number of hydrogen-bond donors (Lipinski definition) is 2. The van der Waals surface area contributed by atoms with E-state index in [9.17, 15) is 14.4 Å². The number of primary amides is 1. The first-order chi connectivity index (χ1) is 16.5. The van der Waals surface area contributed by atoms with Crippen LogP contribution in [0.4, 0.5) is 11.4 Å². The van der Waals surface area contributed by atoms with Gasteiger partial charge in [0.25, 0.3) is 5.91 Å². The van der Waals surface area contributed by atoms with Crippen molar-refractivity contribution in [3.05, 3.63) is 84.4 Å². The van der Waals surface area contributed by atoms with E-state index in [-0.39, 0.29) is 23.8 Å². The van der Waals surface area contributed by atoms with Crippen molar-refractivity contribution in [1.29, 1.82) is 0 Å². The zero-order valence-corrected chi connectivity index (χ0v) is 18.3. The fourth-order valence-electron chi connectivity index (χ4n) is 3.48. The molecule has 9 nitrogen and oxygen atoms in total. The van der Waals surface area contributed by atoms with Gasteiger partial charge in [-0.2, -0.15) is 5.10 Å². The van der Waals surface area contributed by atoms with Gasteiger partial charge >= 0.3 is 5.97 Å². The van der Waals surface area contributed by atoms with Crippen LogP contribution in [0.2, 0.25) is 0 Å². The van der Waals surface area contributed by atoms with Gasteiger partial charge in [-0.25, -0.2) is 4.79 Å². The zero-order valence-electron chi connectivity index (χ0n) is 18.3. The summed E-state index contributed by atoms with van der Waals surface area (Å²) in [6.45, 7) is 0. The maximum absolute atomic E-state index is 12.7. The van der Waals surface area contributed by atoms with Crippen LogP contribution in [-0.2, 0) is 9.59 Å². The Morgan fingerprint density at radius 2 is 1.65 bits per heavy atom. The van der Waals surface area contributed by atoms with Crippen LogP contribution in [0.1, 0.15) is 16.8 Å². The van der Waals surface area contributed by atoms with E-state index < -0.39 is 17.9 Å². The molecular formula is C25H22N4O5. The quantitative estimate of drug-likeness (QED) is 0.414. The number of anilines is 2. The van der Waals surface area contributed by atoms with Gasteiger partial charge < -0.3 is 20.5 Å². The summed E-state index contributed by atoms with van der Waals surface area (Å²) in [5, 5.41) is 8.47. The molecule has 0 saturated heterocycles. The van der Waals surface area contributed by atoms with E-state index >= 15 is 0 Å². The van der Waals surface area contributed by atoms with Crippen LogP contribution in [0.3, 0.4) is 0 Å². The fraction of sp³-hybridized carbons (Fsp3) is 0.120. The van der Waals surface area contributed by atoms with E-state index in [1.54, 1.807) is 72.8 Å². The Kier molecular flexibility index (Phi) is 6.54. The number of amides is 2. The molecule has 0 radical (unpaired) electrons. The molecule has 1 heterocycles. The minimum absolute atomic E-state index is 0.0378. The van der Waals surface area contributed by atoms with Crippen molar-refractivity contribution in [3.63, 3.8) is 0 Å². The predicted molar refractivity (Wildman–Crippen MR) is 127 cm³/mol. The number of carbonyl (C=O) groups is 3. The Labute approximate surface area is 195 Å². The van der Waals surface area contributed by atoms with E-state index in [4.69, 9.17) is 15.2 Å². The second kappa shape index (κ2) is 9.86. The smallest absolute Gasteiger partial charge is 0.359 e. The van der Waals surface area contributed by atoms with Gasteiger partial charge in [-0.15, -0.1) is 0 Å². The highest BCUT2D eigenvalue weighted by Crippen LogP contribution is 2.26. The number of nitrogens with two attached hydrogens (primary N) is 1. The number of methoxy groups -OCH3 is 1. The molecule has 0 aromatic heterocycles. The summed E-state index contributed by atoms with van der Waals surface area (Å²) in [4.78, 5) is 37.1. The first-order valence-electron chi connectivity index (χ1n) is 10.4. The highest BCUT2D eigenvalue weighted by atomic mass is 16.5. The SMILES string of the molecule is COc1ccccc1C(=O)Nc1ccc(OC(=O)C2=NN(c3ccccc3)[C@H](C(N)=O)C2)cc1. The molecule has 3 aromatic rings. The molecule has 0 aliphatic carbocycles. The van der Waals surface area contributed by atoms with Gasteiger partial charge in [-0.1, -0.05) is 30.3 Å². The van der Waals surface area contributed by atoms with Crippen LogP contribution >= 0.6 is 0 Å². The number of hydrogen-bond acceptors (Lipinski definition) is 7. The molecule has 0 fully saturated rings. The number of carbonyl (C=O) groups excluding carboxylic acids is 3. The van der Waals surface area contributed by atoms with E-state index in [0.29, 0.717) is 22.7 Å². The van der Waals surface area contributed by atoms with Gasteiger partial charge in [-0.3, -0.25) is 14.6 Å².